The molecule has 0 spiro atoms. The Hall–Kier alpha value is -8.54. The molecule has 0 saturated heterocycles. The summed E-state index contributed by atoms with van der Waals surface area (Å²) < 4.78 is 6.44. The zero-order chi connectivity index (χ0) is 58.6. The molecule has 0 amide bonds. The Morgan fingerprint density at radius 2 is 0.869 bits per heavy atom. The summed E-state index contributed by atoms with van der Waals surface area (Å²) in [6.45, 7) is 32.6. The lowest BCUT2D eigenvalue weighted by Crippen LogP contribution is -2.61. The van der Waals surface area contributed by atoms with Crippen molar-refractivity contribution in [2.45, 2.75) is 124 Å². The largest absolute Gasteiger partial charge is 0.456 e. The number of furan rings is 1. The molecule has 0 saturated carbocycles. The summed E-state index contributed by atoms with van der Waals surface area (Å²) in [4.78, 5) is 7.69. The maximum atomic E-state index is 6.44. The van der Waals surface area contributed by atoms with Crippen LogP contribution in [0.15, 0.2) is 211 Å². The van der Waals surface area contributed by atoms with Gasteiger partial charge in [-0.25, -0.2) is 0 Å². The summed E-state index contributed by atoms with van der Waals surface area (Å²) in [5, 5.41) is 2.27. The Morgan fingerprint density at radius 3 is 1.50 bits per heavy atom. The van der Waals surface area contributed by atoms with Gasteiger partial charge in [0.1, 0.15) is 11.2 Å². The second kappa shape index (κ2) is 18.7. The Morgan fingerprint density at radius 1 is 0.381 bits per heavy atom. The molecule has 5 heteroatoms. The van der Waals surface area contributed by atoms with Crippen molar-refractivity contribution in [1.82, 2.24) is 0 Å². The Balaban J connectivity index is 1.04. The van der Waals surface area contributed by atoms with Crippen LogP contribution in [0.25, 0.3) is 44.2 Å². The Bertz CT molecular complexity index is 4380. The van der Waals surface area contributed by atoms with Crippen LogP contribution in [0.5, 0.6) is 0 Å². The molecule has 1 aromatic heterocycles. The van der Waals surface area contributed by atoms with Crippen LogP contribution in [0.1, 0.15) is 130 Å². The molecule has 2 aliphatic heterocycles. The van der Waals surface area contributed by atoms with Crippen LogP contribution in [-0.4, -0.2) is 6.71 Å². The summed E-state index contributed by atoms with van der Waals surface area (Å²) in [5.41, 5.74) is 28.6. The second-order valence-corrected chi connectivity index (χ2v) is 28.7. The number of hydrogen-bond acceptors (Lipinski definition) is 4. The van der Waals surface area contributed by atoms with Crippen LogP contribution in [-0.2, 0) is 27.1 Å². The number of hydrogen-bond donors (Lipinski definition) is 0. The molecule has 11 aromatic rings. The first-order valence-electron chi connectivity index (χ1n) is 30.3. The molecule has 3 heterocycles. The zero-order valence-corrected chi connectivity index (χ0v) is 51.5. The van der Waals surface area contributed by atoms with Gasteiger partial charge in [0.05, 0.1) is 0 Å². The monoisotopic (exact) mass is 1090 g/mol. The summed E-state index contributed by atoms with van der Waals surface area (Å²) in [6, 6.07) is 78.8. The van der Waals surface area contributed by atoms with Crippen LogP contribution < -0.4 is 31.1 Å². The van der Waals surface area contributed by atoms with Crippen molar-refractivity contribution in [3.8, 4) is 22.3 Å². The molecular formula is C79H76BN3O. The van der Waals surface area contributed by atoms with Gasteiger partial charge in [0.25, 0.3) is 6.71 Å². The molecule has 0 N–H and O–H groups in total. The fraction of sp³-hybridized carbons (Fsp3) is 0.241. The SMILES string of the molecule is CC(C)(C)c1ccc(N(c2ccc(C(C)(C)C)cc2)c2ccc3c(c2)N(c2ccc(-c4cccc5oc6ccccc6c45)cc2)c2cc(C(C)(C)C)cc4c2B3c2ccc(C(C)(C)C)cc2N4c2ccc3c(c2)C(C)(C)c2ccccc2-3)cc1. The van der Waals surface area contributed by atoms with Gasteiger partial charge < -0.3 is 19.1 Å². The number of anilines is 9. The summed E-state index contributed by atoms with van der Waals surface area (Å²) in [6.07, 6.45) is 0. The van der Waals surface area contributed by atoms with E-state index in [1.165, 1.54) is 83.6 Å². The third kappa shape index (κ3) is 8.55. The van der Waals surface area contributed by atoms with Gasteiger partial charge in [0, 0.05) is 67.4 Å². The lowest BCUT2D eigenvalue weighted by molar-refractivity contribution is 0.590. The quantitative estimate of drug-likeness (QED) is 0.155. The number of fused-ring (bicyclic) bond motifs is 10. The van der Waals surface area contributed by atoms with E-state index in [0.717, 1.165) is 61.5 Å². The lowest BCUT2D eigenvalue weighted by atomic mass is 9.33. The van der Waals surface area contributed by atoms with Gasteiger partial charge in [-0.15, -0.1) is 0 Å². The first kappa shape index (κ1) is 53.5. The predicted octanol–water partition coefficient (Wildman–Crippen LogP) is 20.3. The molecule has 0 fully saturated rings. The highest BCUT2D eigenvalue weighted by Gasteiger charge is 2.46. The minimum Gasteiger partial charge on any atom is -0.456 e. The van der Waals surface area contributed by atoms with Crippen molar-refractivity contribution in [2.24, 2.45) is 0 Å². The minimum atomic E-state index is -0.194. The van der Waals surface area contributed by atoms with Gasteiger partial charge >= 0.3 is 0 Å². The third-order valence-electron chi connectivity index (χ3n) is 18.7. The molecule has 10 aromatic carbocycles. The van der Waals surface area contributed by atoms with Crippen molar-refractivity contribution < 1.29 is 4.42 Å². The van der Waals surface area contributed by atoms with E-state index in [2.05, 4.69) is 318 Å². The van der Waals surface area contributed by atoms with E-state index in [4.69, 9.17) is 4.42 Å². The first-order valence-corrected chi connectivity index (χ1v) is 30.3. The molecule has 3 aliphatic rings. The van der Waals surface area contributed by atoms with Crippen LogP contribution in [0.2, 0.25) is 0 Å². The highest BCUT2D eigenvalue weighted by molar-refractivity contribution is 7.00. The van der Waals surface area contributed by atoms with E-state index in [1.807, 2.05) is 0 Å². The molecule has 0 atom stereocenters. The molecule has 0 unspecified atom stereocenters. The van der Waals surface area contributed by atoms with Crippen molar-refractivity contribution >= 4 is 96.2 Å². The average Bonchev–Trinajstić information content (AvgIpc) is 0.980. The highest BCUT2D eigenvalue weighted by Crippen LogP contribution is 2.53. The van der Waals surface area contributed by atoms with Gasteiger partial charge in [-0.3, -0.25) is 0 Å². The summed E-state index contributed by atoms with van der Waals surface area (Å²) in [7, 11) is 0. The van der Waals surface area contributed by atoms with Gasteiger partial charge in [-0.2, -0.15) is 0 Å². The number of para-hydroxylation sites is 1. The summed E-state index contributed by atoms with van der Waals surface area (Å²) in [5.74, 6) is 0. The third-order valence-corrected chi connectivity index (χ3v) is 18.7. The molecule has 1 aliphatic carbocycles. The first-order chi connectivity index (χ1) is 39.9. The van der Waals surface area contributed by atoms with Crippen molar-refractivity contribution in [3.63, 3.8) is 0 Å². The van der Waals surface area contributed by atoms with Crippen LogP contribution in [0.4, 0.5) is 51.2 Å². The summed E-state index contributed by atoms with van der Waals surface area (Å²) >= 11 is 0. The van der Waals surface area contributed by atoms with Gasteiger partial charge in [0.15, 0.2) is 0 Å². The van der Waals surface area contributed by atoms with Crippen LogP contribution >= 0.6 is 0 Å². The van der Waals surface area contributed by atoms with Crippen LogP contribution in [0.3, 0.4) is 0 Å². The molecule has 14 rings (SSSR count). The Kier molecular flexibility index (Phi) is 11.9. The van der Waals surface area contributed by atoms with E-state index in [-0.39, 0.29) is 33.8 Å². The van der Waals surface area contributed by atoms with Crippen molar-refractivity contribution in [2.75, 3.05) is 14.7 Å². The molecule has 0 radical (unpaired) electrons. The topological polar surface area (TPSA) is 22.9 Å². The van der Waals surface area contributed by atoms with E-state index in [1.54, 1.807) is 0 Å². The van der Waals surface area contributed by atoms with Crippen molar-refractivity contribution in [3.05, 3.63) is 240 Å². The fourth-order valence-electron chi connectivity index (χ4n) is 13.9. The predicted molar refractivity (Wildman–Crippen MR) is 360 cm³/mol. The molecule has 416 valence electrons. The zero-order valence-electron chi connectivity index (χ0n) is 51.5. The molecule has 0 bridgehead atoms. The molecule has 4 nitrogen and oxygen atoms in total. The normalized spacial score (nSPS) is 14.3. The van der Waals surface area contributed by atoms with E-state index in [0.29, 0.717) is 0 Å². The standard InChI is InChI=1S/C79H76BN3O/c1-75(2,3)50-28-35-54(36-29-50)81(55-37-30-51(31-38-55)76(4,5)6)58-40-43-66-68(48-58)82(56-33-26-49(27-34-56)59-22-19-25-72-73(59)62-21-16-18-24-71(62)84-72)69-45-53(78(10,11)12)46-70-74(69)80(66)65-42-32-52(77(7,8)9)44-67(65)83(70)57-39-41-61-60-20-15-17-23-63(60)79(13,14)64(61)47-57/h15-48H,1-14H3. The van der Waals surface area contributed by atoms with Crippen LogP contribution in [0, 0.1) is 0 Å². The van der Waals surface area contributed by atoms with Gasteiger partial charge in [-0.05, 0) is 185 Å². The lowest BCUT2D eigenvalue weighted by Gasteiger charge is -2.46. The van der Waals surface area contributed by atoms with E-state index in [9.17, 15) is 0 Å². The number of benzene rings is 10. The molecular weight excluding hydrogens is 1020 g/mol. The molecule has 84 heavy (non-hydrogen) atoms. The highest BCUT2D eigenvalue weighted by atomic mass is 16.3. The minimum absolute atomic E-state index is 0.0130. The number of rotatable bonds is 6. The average molecular weight is 1090 g/mol. The maximum absolute atomic E-state index is 6.44. The Labute approximate surface area is 498 Å². The number of nitrogens with zero attached hydrogens (tertiary/aromatic N) is 3. The maximum Gasteiger partial charge on any atom is 0.252 e. The van der Waals surface area contributed by atoms with Gasteiger partial charge in [-0.1, -0.05) is 212 Å². The van der Waals surface area contributed by atoms with E-state index >= 15 is 0 Å². The van der Waals surface area contributed by atoms with Gasteiger partial charge in [0.2, 0.25) is 0 Å². The van der Waals surface area contributed by atoms with E-state index < -0.39 is 0 Å². The van der Waals surface area contributed by atoms with Crippen molar-refractivity contribution in [1.29, 1.82) is 0 Å². The fourth-order valence-corrected chi connectivity index (χ4v) is 13.9. The second-order valence-electron chi connectivity index (χ2n) is 28.7. The smallest absolute Gasteiger partial charge is 0.252 e.